The summed E-state index contributed by atoms with van der Waals surface area (Å²) < 4.78 is 0. The Hall–Kier alpha value is -1.39. The monoisotopic (exact) mass is 521 g/mol. The molecule has 0 bridgehead atoms. The largest absolute Gasteiger partial charge is 0.356 e. The van der Waals surface area contributed by atoms with E-state index in [1.54, 1.807) is 42.6 Å². The third kappa shape index (κ3) is 7.63. The molecule has 0 fully saturated rings. The van der Waals surface area contributed by atoms with Crippen molar-refractivity contribution in [2.75, 3.05) is 26.7 Å². The van der Waals surface area contributed by atoms with Crippen molar-refractivity contribution in [3.8, 4) is 0 Å². The van der Waals surface area contributed by atoms with E-state index in [-0.39, 0.29) is 29.9 Å². The van der Waals surface area contributed by atoms with Crippen molar-refractivity contribution in [2.45, 2.75) is 20.3 Å². The maximum Gasteiger partial charge on any atom is 0.252 e. The number of aliphatic imine (C=N–C) groups is 1. The van der Waals surface area contributed by atoms with Crippen LogP contribution in [0.4, 0.5) is 0 Å². The van der Waals surface area contributed by atoms with Gasteiger partial charge in [0.1, 0.15) is 0 Å². The molecule has 0 radical (unpaired) electrons. The highest BCUT2D eigenvalue weighted by molar-refractivity contribution is 14.0. The van der Waals surface area contributed by atoms with Crippen molar-refractivity contribution in [3.63, 3.8) is 0 Å². The Morgan fingerprint density at radius 3 is 2.44 bits per heavy atom. The number of benzene rings is 1. The number of guanidine groups is 1. The Morgan fingerprint density at radius 1 is 1.15 bits per heavy atom. The highest BCUT2D eigenvalue weighted by Crippen LogP contribution is 2.16. The van der Waals surface area contributed by atoms with Gasteiger partial charge in [0, 0.05) is 38.0 Å². The molecule has 0 spiro atoms. The van der Waals surface area contributed by atoms with Crippen LogP contribution in [0.5, 0.6) is 0 Å². The van der Waals surface area contributed by atoms with Crippen LogP contribution in [-0.4, -0.2) is 43.5 Å². The van der Waals surface area contributed by atoms with Crippen molar-refractivity contribution in [3.05, 3.63) is 50.4 Å². The van der Waals surface area contributed by atoms with E-state index in [0.717, 1.165) is 23.7 Å². The standard InChI is InChI=1S/C18H24ClN5OS.HI/c1-12-13(2)26-16(24-12)8-9-22-18(20-3)23-11-10-21-17(25)14-6-4-5-7-15(14)19;/h4-7H,8-11H2,1-3H3,(H,21,25)(H2,20,22,23);1H. The number of nitrogens with zero attached hydrogens (tertiary/aromatic N) is 2. The van der Waals surface area contributed by atoms with E-state index in [1.807, 2.05) is 6.92 Å². The van der Waals surface area contributed by atoms with Gasteiger partial charge in [-0.3, -0.25) is 9.79 Å². The highest BCUT2D eigenvalue weighted by Gasteiger charge is 2.08. The van der Waals surface area contributed by atoms with Gasteiger partial charge < -0.3 is 16.0 Å². The Balaban J connectivity index is 0.00000364. The summed E-state index contributed by atoms with van der Waals surface area (Å²) in [4.78, 5) is 22.0. The summed E-state index contributed by atoms with van der Waals surface area (Å²) in [7, 11) is 1.72. The summed E-state index contributed by atoms with van der Waals surface area (Å²) in [5, 5.41) is 10.8. The van der Waals surface area contributed by atoms with Crippen LogP contribution in [0.2, 0.25) is 5.02 Å². The second-order valence-electron chi connectivity index (χ2n) is 5.66. The van der Waals surface area contributed by atoms with E-state index >= 15 is 0 Å². The minimum Gasteiger partial charge on any atom is -0.356 e. The Bertz CT molecular complexity index is 761. The molecule has 27 heavy (non-hydrogen) atoms. The second-order valence-corrected chi connectivity index (χ2v) is 7.36. The van der Waals surface area contributed by atoms with Crippen molar-refractivity contribution in [2.24, 2.45) is 4.99 Å². The van der Waals surface area contributed by atoms with Gasteiger partial charge in [0.15, 0.2) is 5.96 Å². The number of carbonyl (C=O) groups excluding carboxylic acids is 1. The third-order valence-corrected chi connectivity index (χ3v) is 5.21. The van der Waals surface area contributed by atoms with E-state index < -0.39 is 0 Å². The highest BCUT2D eigenvalue weighted by atomic mass is 127. The van der Waals surface area contributed by atoms with Gasteiger partial charge in [-0.25, -0.2) is 4.98 Å². The molecular formula is C18H25ClIN5OS. The van der Waals surface area contributed by atoms with Crippen LogP contribution in [0.25, 0.3) is 0 Å². The summed E-state index contributed by atoms with van der Waals surface area (Å²) >= 11 is 7.74. The van der Waals surface area contributed by atoms with Crippen LogP contribution >= 0.6 is 46.9 Å². The molecule has 0 atom stereocenters. The molecule has 1 amide bonds. The van der Waals surface area contributed by atoms with Crippen LogP contribution in [0.1, 0.15) is 25.9 Å². The minimum atomic E-state index is -0.185. The Labute approximate surface area is 186 Å². The molecule has 0 aliphatic carbocycles. The molecule has 2 rings (SSSR count). The first-order valence-electron chi connectivity index (χ1n) is 8.41. The summed E-state index contributed by atoms with van der Waals surface area (Å²) in [6.07, 6.45) is 0.850. The Morgan fingerprint density at radius 2 is 1.81 bits per heavy atom. The SMILES string of the molecule is CN=C(NCCNC(=O)c1ccccc1Cl)NCCc1nc(C)c(C)s1.I. The fourth-order valence-electron chi connectivity index (χ4n) is 2.25. The van der Waals surface area contributed by atoms with Gasteiger partial charge >= 0.3 is 0 Å². The van der Waals surface area contributed by atoms with E-state index in [0.29, 0.717) is 29.6 Å². The topological polar surface area (TPSA) is 78.4 Å². The number of rotatable bonds is 7. The molecule has 0 saturated heterocycles. The molecule has 3 N–H and O–H groups in total. The Kier molecular flexibility index (Phi) is 10.6. The molecule has 0 unspecified atom stereocenters. The molecule has 9 heteroatoms. The van der Waals surface area contributed by atoms with Crippen LogP contribution in [0.15, 0.2) is 29.3 Å². The van der Waals surface area contributed by atoms with E-state index in [9.17, 15) is 4.79 Å². The predicted molar refractivity (Wildman–Crippen MR) is 124 cm³/mol. The lowest BCUT2D eigenvalue weighted by molar-refractivity contribution is 0.0954. The van der Waals surface area contributed by atoms with Gasteiger partial charge in [-0.05, 0) is 26.0 Å². The van der Waals surface area contributed by atoms with Crippen LogP contribution in [-0.2, 0) is 6.42 Å². The summed E-state index contributed by atoms with van der Waals surface area (Å²) in [5.74, 6) is 0.511. The van der Waals surface area contributed by atoms with Gasteiger partial charge in [-0.2, -0.15) is 0 Å². The molecule has 0 aliphatic heterocycles. The molecule has 1 aromatic carbocycles. The maximum atomic E-state index is 12.1. The summed E-state index contributed by atoms with van der Waals surface area (Å²) in [6, 6.07) is 6.99. The number of halogens is 2. The van der Waals surface area contributed by atoms with Crippen LogP contribution < -0.4 is 16.0 Å². The van der Waals surface area contributed by atoms with Gasteiger partial charge in [0.05, 0.1) is 21.3 Å². The molecule has 148 valence electrons. The lowest BCUT2D eigenvalue weighted by Crippen LogP contribution is -2.42. The quantitative estimate of drug-likeness (QED) is 0.226. The first-order valence-corrected chi connectivity index (χ1v) is 9.61. The lowest BCUT2D eigenvalue weighted by Gasteiger charge is -2.12. The minimum absolute atomic E-state index is 0. The van der Waals surface area contributed by atoms with Crippen molar-refractivity contribution in [1.29, 1.82) is 0 Å². The number of aromatic nitrogens is 1. The number of nitrogens with one attached hydrogen (secondary N) is 3. The lowest BCUT2D eigenvalue weighted by atomic mass is 10.2. The van der Waals surface area contributed by atoms with Gasteiger partial charge in [-0.1, -0.05) is 23.7 Å². The average Bonchev–Trinajstić information content (AvgIpc) is 2.95. The van der Waals surface area contributed by atoms with E-state index in [1.165, 1.54) is 4.88 Å². The fourth-order valence-corrected chi connectivity index (χ4v) is 3.41. The maximum absolute atomic E-state index is 12.1. The zero-order valence-corrected chi connectivity index (χ0v) is 19.5. The van der Waals surface area contributed by atoms with E-state index in [4.69, 9.17) is 11.6 Å². The smallest absolute Gasteiger partial charge is 0.252 e. The van der Waals surface area contributed by atoms with Crippen LogP contribution in [0, 0.1) is 13.8 Å². The summed E-state index contributed by atoms with van der Waals surface area (Å²) in [6.45, 7) is 5.89. The van der Waals surface area contributed by atoms with Crippen molar-refractivity contribution < 1.29 is 4.79 Å². The first-order chi connectivity index (χ1) is 12.5. The molecule has 2 aromatic rings. The molecular weight excluding hydrogens is 497 g/mol. The fraction of sp³-hybridized carbons (Fsp3) is 0.389. The average molecular weight is 522 g/mol. The molecule has 0 saturated carbocycles. The van der Waals surface area contributed by atoms with Gasteiger partial charge in [-0.15, -0.1) is 35.3 Å². The number of amides is 1. The van der Waals surface area contributed by atoms with Gasteiger partial charge in [0.2, 0.25) is 0 Å². The van der Waals surface area contributed by atoms with E-state index in [2.05, 4.69) is 32.9 Å². The second kappa shape index (κ2) is 12.1. The van der Waals surface area contributed by atoms with Crippen LogP contribution in [0.3, 0.4) is 0 Å². The number of hydrogen-bond donors (Lipinski definition) is 3. The number of hydrogen-bond acceptors (Lipinski definition) is 4. The molecule has 1 aromatic heterocycles. The summed E-state index contributed by atoms with van der Waals surface area (Å²) in [5.41, 5.74) is 1.58. The first kappa shape index (κ1) is 23.6. The zero-order chi connectivity index (χ0) is 18.9. The zero-order valence-electron chi connectivity index (χ0n) is 15.6. The predicted octanol–water partition coefficient (Wildman–Crippen LogP) is 3.17. The number of aryl methyl sites for hydroxylation is 2. The van der Waals surface area contributed by atoms with Gasteiger partial charge in [0.25, 0.3) is 5.91 Å². The normalized spacial score (nSPS) is 10.9. The molecule has 0 aliphatic rings. The van der Waals surface area contributed by atoms with Crippen molar-refractivity contribution in [1.82, 2.24) is 20.9 Å². The molecule has 1 heterocycles. The third-order valence-electron chi connectivity index (χ3n) is 3.75. The van der Waals surface area contributed by atoms with Crippen molar-refractivity contribution >= 4 is 58.8 Å². The number of carbonyl (C=O) groups is 1. The molecule has 6 nitrogen and oxygen atoms in total. The number of thiazole rings is 1.